The van der Waals surface area contributed by atoms with Crippen molar-refractivity contribution in [2.75, 3.05) is 5.32 Å². The van der Waals surface area contributed by atoms with E-state index in [1.54, 1.807) is 0 Å². The number of hydrogen-bond acceptors (Lipinski definition) is 2. The monoisotopic (exact) mass is 326 g/mol. The van der Waals surface area contributed by atoms with E-state index in [0.717, 1.165) is 36.2 Å². The zero-order valence-electron chi connectivity index (χ0n) is 13.1. The number of aliphatic imine (C=N–C) groups is 1. The fourth-order valence-corrected chi connectivity index (χ4v) is 2.97. The summed E-state index contributed by atoms with van der Waals surface area (Å²) in [6.07, 6.45) is 3.60. The summed E-state index contributed by atoms with van der Waals surface area (Å²) in [5, 5.41) is 3.72. The van der Waals surface area contributed by atoms with Gasteiger partial charge in [-0.1, -0.05) is 43.1 Å². The Morgan fingerprint density at radius 3 is 2.78 bits per heavy atom. The molecule has 1 heterocycles. The molecule has 2 aromatic rings. The van der Waals surface area contributed by atoms with E-state index in [-0.39, 0.29) is 11.8 Å². The third-order valence-corrected chi connectivity index (χ3v) is 4.32. The van der Waals surface area contributed by atoms with Gasteiger partial charge in [0.05, 0.1) is 12.5 Å². The van der Waals surface area contributed by atoms with Gasteiger partial charge in [0.1, 0.15) is 0 Å². The summed E-state index contributed by atoms with van der Waals surface area (Å²) in [4.78, 5) is 17.0. The minimum Gasteiger partial charge on any atom is -0.326 e. The molecule has 3 rings (SSSR count). The third-order valence-electron chi connectivity index (χ3n) is 4.07. The van der Waals surface area contributed by atoms with Gasteiger partial charge in [-0.2, -0.15) is 0 Å². The van der Waals surface area contributed by atoms with Crippen molar-refractivity contribution in [1.82, 2.24) is 0 Å². The van der Waals surface area contributed by atoms with E-state index < -0.39 is 0 Å². The van der Waals surface area contributed by atoms with Crippen molar-refractivity contribution in [1.29, 1.82) is 0 Å². The standard InChI is InChI=1S/C19H19ClN2O/c1-2-3-18(13-4-7-16(20)8-5-13)19(23)22-17-9-6-14-11-21-12-15(14)10-17/h4-10,12,18H,2-3,11H2,1H3,(H,22,23). The van der Waals surface area contributed by atoms with Gasteiger partial charge in [0.2, 0.25) is 5.91 Å². The first-order valence-electron chi connectivity index (χ1n) is 7.86. The zero-order valence-corrected chi connectivity index (χ0v) is 13.8. The Morgan fingerprint density at radius 2 is 2.04 bits per heavy atom. The van der Waals surface area contributed by atoms with Crippen molar-refractivity contribution in [3.63, 3.8) is 0 Å². The minimum atomic E-state index is -0.167. The zero-order chi connectivity index (χ0) is 16.2. The predicted octanol–water partition coefficient (Wildman–Crippen LogP) is 4.79. The second-order valence-corrected chi connectivity index (χ2v) is 6.20. The summed E-state index contributed by atoms with van der Waals surface area (Å²) in [5.41, 5.74) is 4.10. The fourth-order valence-electron chi connectivity index (χ4n) is 2.84. The Hall–Kier alpha value is -2.13. The lowest BCUT2D eigenvalue weighted by Gasteiger charge is -2.17. The van der Waals surface area contributed by atoms with E-state index in [1.165, 1.54) is 5.56 Å². The molecule has 0 aliphatic carbocycles. The van der Waals surface area contributed by atoms with Crippen LogP contribution >= 0.6 is 11.6 Å². The van der Waals surface area contributed by atoms with Gasteiger partial charge in [-0.05, 0) is 47.4 Å². The number of carbonyl (C=O) groups is 1. The van der Waals surface area contributed by atoms with Crippen LogP contribution in [0.15, 0.2) is 47.5 Å². The van der Waals surface area contributed by atoms with E-state index in [9.17, 15) is 4.79 Å². The van der Waals surface area contributed by atoms with Crippen LogP contribution in [-0.2, 0) is 11.3 Å². The molecule has 4 heteroatoms. The smallest absolute Gasteiger partial charge is 0.231 e. The van der Waals surface area contributed by atoms with Gasteiger partial charge in [0, 0.05) is 16.9 Å². The van der Waals surface area contributed by atoms with Crippen molar-refractivity contribution in [3.8, 4) is 0 Å². The van der Waals surface area contributed by atoms with E-state index >= 15 is 0 Å². The van der Waals surface area contributed by atoms with Gasteiger partial charge in [0.25, 0.3) is 0 Å². The highest BCUT2D eigenvalue weighted by Crippen LogP contribution is 2.26. The van der Waals surface area contributed by atoms with Gasteiger partial charge in [-0.15, -0.1) is 0 Å². The predicted molar refractivity (Wildman–Crippen MR) is 95.5 cm³/mol. The molecule has 1 amide bonds. The molecule has 1 unspecified atom stereocenters. The van der Waals surface area contributed by atoms with Crippen molar-refractivity contribution in [2.45, 2.75) is 32.2 Å². The maximum Gasteiger partial charge on any atom is 0.231 e. The number of hydrogen-bond donors (Lipinski definition) is 1. The van der Waals surface area contributed by atoms with Crippen LogP contribution in [0.2, 0.25) is 5.02 Å². The maximum atomic E-state index is 12.7. The number of rotatable bonds is 5. The Balaban J connectivity index is 1.78. The molecule has 0 saturated heterocycles. The molecule has 2 aromatic carbocycles. The van der Waals surface area contributed by atoms with Crippen LogP contribution in [0.4, 0.5) is 5.69 Å². The number of fused-ring (bicyclic) bond motifs is 1. The normalized spacial score (nSPS) is 13.7. The lowest BCUT2D eigenvalue weighted by molar-refractivity contribution is -0.117. The highest BCUT2D eigenvalue weighted by molar-refractivity contribution is 6.30. The van der Waals surface area contributed by atoms with Gasteiger partial charge in [-0.3, -0.25) is 9.79 Å². The average molecular weight is 327 g/mol. The van der Waals surface area contributed by atoms with Crippen molar-refractivity contribution in [2.24, 2.45) is 4.99 Å². The number of nitrogens with zero attached hydrogens (tertiary/aromatic N) is 1. The molecule has 1 aliphatic heterocycles. The Labute approximate surface area is 141 Å². The van der Waals surface area contributed by atoms with Gasteiger partial charge >= 0.3 is 0 Å². The number of halogens is 1. The molecule has 118 valence electrons. The number of amides is 1. The Morgan fingerprint density at radius 1 is 1.26 bits per heavy atom. The lowest BCUT2D eigenvalue weighted by atomic mass is 9.93. The first kappa shape index (κ1) is 15.8. The highest BCUT2D eigenvalue weighted by Gasteiger charge is 2.20. The summed E-state index contributed by atoms with van der Waals surface area (Å²) in [5.74, 6) is -0.150. The van der Waals surface area contributed by atoms with Crippen molar-refractivity contribution in [3.05, 3.63) is 64.2 Å². The third kappa shape index (κ3) is 3.62. The minimum absolute atomic E-state index is 0.0176. The van der Waals surface area contributed by atoms with Crippen LogP contribution in [0.5, 0.6) is 0 Å². The van der Waals surface area contributed by atoms with Crippen LogP contribution in [-0.4, -0.2) is 12.1 Å². The molecule has 0 bridgehead atoms. The first-order chi connectivity index (χ1) is 11.2. The molecule has 0 aromatic heterocycles. The quantitative estimate of drug-likeness (QED) is 0.842. The van der Waals surface area contributed by atoms with Crippen molar-refractivity contribution < 1.29 is 4.79 Å². The average Bonchev–Trinajstić information content (AvgIpc) is 3.01. The van der Waals surface area contributed by atoms with Crippen LogP contribution in [0.3, 0.4) is 0 Å². The number of carbonyl (C=O) groups excluding carboxylic acids is 1. The Kier molecular flexibility index (Phi) is 4.77. The van der Waals surface area contributed by atoms with E-state index in [0.29, 0.717) is 5.02 Å². The van der Waals surface area contributed by atoms with Crippen LogP contribution in [0, 0.1) is 0 Å². The van der Waals surface area contributed by atoms with Crippen molar-refractivity contribution >= 4 is 29.4 Å². The van der Waals surface area contributed by atoms with Crippen LogP contribution < -0.4 is 5.32 Å². The number of nitrogens with one attached hydrogen (secondary N) is 1. The van der Waals surface area contributed by atoms with E-state index in [4.69, 9.17) is 11.6 Å². The largest absolute Gasteiger partial charge is 0.326 e. The molecule has 1 aliphatic rings. The first-order valence-corrected chi connectivity index (χ1v) is 8.24. The maximum absolute atomic E-state index is 12.7. The van der Waals surface area contributed by atoms with Crippen LogP contribution in [0.1, 0.15) is 42.4 Å². The fraction of sp³-hybridized carbons (Fsp3) is 0.263. The molecule has 0 spiro atoms. The summed E-state index contributed by atoms with van der Waals surface area (Å²) >= 11 is 5.94. The molecule has 23 heavy (non-hydrogen) atoms. The molecule has 1 atom stereocenters. The molecule has 0 fully saturated rings. The van der Waals surface area contributed by atoms with Gasteiger partial charge in [-0.25, -0.2) is 0 Å². The highest BCUT2D eigenvalue weighted by atomic mass is 35.5. The van der Waals surface area contributed by atoms with E-state index in [2.05, 4.69) is 17.2 Å². The molecular weight excluding hydrogens is 308 g/mol. The number of anilines is 1. The second-order valence-electron chi connectivity index (χ2n) is 5.77. The van der Waals surface area contributed by atoms with Gasteiger partial charge in [0.15, 0.2) is 0 Å². The molecular formula is C19H19ClN2O. The number of benzene rings is 2. The summed E-state index contributed by atoms with van der Waals surface area (Å²) < 4.78 is 0. The summed E-state index contributed by atoms with van der Waals surface area (Å²) in [6.45, 7) is 2.81. The van der Waals surface area contributed by atoms with Gasteiger partial charge < -0.3 is 5.32 Å². The SMILES string of the molecule is CCCC(C(=O)Nc1ccc2c(c1)C=NC2)c1ccc(Cl)cc1. The molecule has 0 saturated carbocycles. The summed E-state index contributed by atoms with van der Waals surface area (Å²) in [6, 6.07) is 13.5. The lowest BCUT2D eigenvalue weighted by Crippen LogP contribution is -2.21. The summed E-state index contributed by atoms with van der Waals surface area (Å²) in [7, 11) is 0. The van der Waals surface area contributed by atoms with Crippen LogP contribution in [0.25, 0.3) is 0 Å². The molecule has 1 N–H and O–H groups in total. The second kappa shape index (κ2) is 6.97. The Bertz CT molecular complexity index is 738. The molecule has 0 radical (unpaired) electrons. The van der Waals surface area contributed by atoms with E-state index in [1.807, 2.05) is 48.7 Å². The topological polar surface area (TPSA) is 41.5 Å². The molecule has 3 nitrogen and oxygen atoms in total.